The number of morpholine rings is 1. The fourth-order valence-electron chi connectivity index (χ4n) is 3.74. The summed E-state index contributed by atoms with van der Waals surface area (Å²) in [5.41, 5.74) is 2.25. The molecule has 3 heterocycles. The number of fused-ring (bicyclic) bond motifs is 3. The molecule has 1 aromatic heterocycles. The molecule has 2 atom stereocenters. The van der Waals surface area contributed by atoms with Gasteiger partial charge in [-0.2, -0.15) is 0 Å². The van der Waals surface area contributed by atoms with E-state index in [0.29, 0.717) is 18.0 Å². The Morgan fingerprint density at radius 1 is 1.27 bits per heavy atom. The number of nitrogens with zero attached hydrogens (tertiary/aromatic N) is 2. The SMILES string of the molecule is Cc1nc2cc(C(=O)C3CC4COCC(C3)N4C)ccc2o1. The highest BCUT2D eigenvalue weighted by molar-refractivity contribution is 6.00. The molecule has 22 heavy (non-hydrogen) atoms. The van der Waals surface area contributed by atoms with E-state index in [2.05, 4.69) is 16.9 Å². The smallest absolute Gasteiger partial charge is 0.192 e. The lowest BCUT2D eigenvalue weighted by molar-refractivity contribution is -0.0702. The van der Waals surface area contributed by atoms with Gasteiger partial charge in [-0.15, -0.1) is 0 Å². The van der Waals surface area contributed by atoms with E-state index in [1.807, 2.05) is 25.1 Å². The van der Waals surface area contributed by atoms with Gasteiger partial charge in [0.15, 0.2) is 17.3 Å². The summed E-state index contributed by atoms with van der Waals surface area (Å²) < 4.78 is 11.1. The number of aryl methyl sites for hydroxylation is 1. The summed E-state index contributed by atoms with van der Waals surface area (Å²) in [4.78, 5) is 19.6. The minimum absolute atomic E-state index is 0.0838. The van der Waals surface area contributed by atoms with Crippen LogP contribution in [0.4, 0.5) is 0 Å². The number of Topliss-reactive ketones (excluding diaryl/α,β-unsaturated/α-hetero) is 1. The van der Waals surface area contributed by atoms with Gasteiger partial charge in [0.25, 0.3) is 0 Å². The molecule has 2 saturated heterocycles. The fourth-order valence-corrected chi connectivity index (χ4v) is 3.74. The molecule has 2 aliphatic rings. The minimum Gasteiger partial charge on any atom is -0.441 e. The van der Waals surface area contributed by atoms with E-state index in [-0.39, 0.29) is 11.7 Å². The number of oxazole rings is 1. The quantitative estimate of drug-likeness (QED) is 0.797. The van der Waals surface area contributed by atoms with Crippen molar-refractivity contribution in [3.8, 4) is 0 Å². The third kappa shape index (κ3) is 2.25. The molecule has 2 unspecified atom stereocenters. The number of carbonyl (C=O) groups excluding carboxylic acids is 1. The van der Waals surface area contributed by atoms with E-state index in [1.54, 1.807) is 0 Å². The van der Waals surface area contributed by atoms with Crippen LogP contribution >= 0.6 is 0 Å². The van der Waals surface area contributed by atoms with Crippen LogP contribution in [0.5, 0.6) is 0 Å². The van der Waals surface area contributed by atoms with Crippen molar-refractivity contribution >= 4 is 16.9 Å². The van der Waals surface area contributed by atoms with Gasteiger partial charge in [0.2, 0.25) is 0 Å². The number of hydrogen-bond acceptors (Lipinski definition) is 5. The van der Waals surface area contributed by atoms with E-state index < -0.39 is 0 Å². The van der Waals surface area contributed by atoms with Crippen LogP contribution in [0.2, 0.25) is 0 Å². The summed E-state index contributed by atoms with van der Waals surface area (Å²) in [6.45, 7) is 3.29. The van der Waals surface area contributed by atoms with Crippen molar-refractivity contribution in [2.75, 3.05) is 20.3 Å². The zero-order valence-corrected chi connectivity index (χ0v) is 12.9. The lowest BCUT2D eigenvalue weighted by Crippen LogP contribution is -2.55. The molecule has 0 saturated carbocycles. The first kappa shape index (κ1) is 13.9. The zero-order valence-electron chi connectivity index (χ0n) is 12.9. The summed E-state index contributed by atoms with van der Waals surface area (Å²) in [6.07, 6.45) is 1.75. The monoisotopic (exact) mass is 300 g/mol. The maximum Gasteiger partial charge on any atom is 0.192 e. The molecule has 0 spiro atoms. The summed E-state index contributed by atoms with van der Waals surface area (Å²) in [5.74, 6) is 0.943. The average Bonchev–Trinajstić information content (AvgIpc) is 2.85. The normalized spacial score (nSPS) is 28.9. The van der Waals surface area contributed by atoms with Crippen molar-refractivity contribution in [3.05, 3.63) is 29.7 Å². The molecule has 0 radical (unpaired) electrons. The third-order valence-corrected chi connectivity index (χ3v) is 5.04. The Hall–Kier alpha value is -1.72. The second-order valence-corrected chi connectivity index (χ2v) is 6.46. The zero-order chi connectivity index (χ0) is 15.3. The van der Waals surface area contributed by atoms with Crippen LogP contribution in [0.3, 0.4) is 0 Å². The first-order valence-corrected chi connectivity index (χ1v) is 7.83. The Morgan fingerprint density at radius 3 is 2.73 bits per heavy atom. The van der Waals surface area contributed by atoms with Crippen molar-refractivity contribution in [1.82, 2.24) is 9.88 Å². The molecule has 2 aliphatic heterocycles. The van der Waals surface area contributed by atoms with Gasteiger partial charge in [0.05, 0.1) is 13.2 Å². The maximum absolute atomic E-state index is 12.9. The second kappa shape index (κ2) is 5.18. The number of aromatic nitrogens is 1. The molecule has 4 rings (SSSR count). The number of likely N-dealkylation sites (N-methyl/N-ethyl adjacent to an activating group) is 1. The summed E-state index contributed by atoms with van der Waals surface area (Å²) >= 11 is 0. The van der Waals surface area contributed by atoms with Crippen LogP contribution in [-0.4, -0.2) is 48.0 Å². The molecule has 0 aliphatic carbocycles. The standard InChI is InChI=1S/C17H20N2O3/c1-10-18-15-7-11(3-4-16(15)22-10)17(20)12-5-13-8-21-9-14(6-12)19(13)2/h3-4,7,12-14H,5-6,8-9H2,1-2H3. The Labute approximate surface area is 129 Å². The third-order valence-electron chi connectivity index (χ3n) is 5.04. The van der Waals surface area contributed by atoms with Gasteiger partial charge in [0, 0.05) is 30.5 Å². The Morgan fingerprint density at radius 2 is 2.00 bits per heavy atom. The number of hydrogen-bond donors (Lipinski definition) is 0. The topological polar surface area (TPSA) is 55.6 Å². The molecule has 2 bridgehead atoms. The number of ether oxygens (including phenoxy) is 1. The molecule has 5 heteroatoms. The predicted molar refractivity (Wildman–Crippen MR) is 82.0 cm³/mol. The van der Waals surface area contributed by atoms with Gasteiger partial charge in [-0.05, 0) is 38.1 Å². The highest BCUT2D eigenvalue weighted by Gasteiger charge is 2.39. The summed E-state index contributed by atoms with van der Waals surface area (Å²) in [5, 5.41) is 0. The van der Waals surface area contributed by atoms with Crippen LogP contribution in [0.15, 0.2) is 22.6 Å². The van der Waals surface area contributed by atoms with Gasteiger partial charge < -0.3 is 9.15 Å². The molecule has 2 fully saturated rings. The fraction of sp³-hybridized carbons (Fsp3) is 0.529. The molecule has 5 nitrogen and oxygen atoms in total. The number of rotatable bonds is 2. The highest BCUT2D eigenvalue weighted by Crippen LogP contribution is 2.32. The summed E-state index contributed by atoms with van der Waals surface area (Å²) in [6, 6.07) is 6.29. The molecule has 116 valence electrons. The van der Waals surface area contributed by atoms with Crippen LogP contribution in [0.25, 0.3) is 11.1 Å². The van der Waals surface area contributed by atoms with E-state index in [9.17, 15) is 4.79 Å². The van der Waals surface area contributed by atoms with E-state index in [0.717, 1.165) is 42.7 Å². The number of benzene rings is 1. The average molecular weight is 300 g/mol. The first-order valence-electron chi connectivity index (χ1n) is 7.83. The van der Waals surface area contributed by atoms with Gasteiger partial charge in [-0.25, -0.2) is 4.98 Å². The first-order chi connectivity index (χ1) is 10.6. The summed E-state index contributed by atoms with van der Waals surface area (Å²) in [7, 11) is 2.14. The predicted octanol–water partition coefficient (Wildman–Crippen LogP) is 2.43. The lowest BCUT2D eigenvalue weighted by Gasteiger charge is -2.46. The van der Waals surface area contributed by atoms with E-state index >= 15 is 0 Å². The molecule has 0 amide bonds. The molecule has 1 aromatic carbocycles. The number of piperidine rings is 1. The van der Waals surface area contributed by atoms with Crippen molar-refractivity contribution in [3.63, 3.8) is 0 Å². The lowest BCUT2D eigenvalue weighted by atomic mass is 9.81. The maximum atomic E-state index is 12.9. The highest BCUT2D eigenvalue weighted by atomic mass is 16.5. The van der Waals surface area contributed by atoms with Gasteiger partial charge in [-0.3, -0.25) is 9.69 Å². The van der Waals surface area contributed by atoms with Crippen LogP contribution in [0.1, 0.15) is 29.1 Å². The van der Waals surface area contributed by atoms with E-state index in [1.165, 1.54) is 0 Å². The van der Waals surface area contributed by atoms with Crippen LogP contribution in [0, 0.1) is 12.8 Å². The van der Waals surface area contributed by atoms with Crippen molar-refractivity contribution in [2.45, 2.75) is 31.8 Å². The molecular weight excluding hydrogens is 280 g/mol. The molecular formula is C17H20N2O3. The van der Waals surface area contributed by atoms with Crippen LogP contribution < -0.4 is 0 Å². The second-order valence-electron chi connectivity index (χ2n) is 6.46. The Balaban J connectivity index is 1.60. The van der Waals surface area contributed by atoms with Gasteiger partial charge in [0.1, 0.15) is 5.52 Å². The van der Waals surface area contributed by atoms with E-state index in [4.69, 9.17) is 9.15 Å². The largest absolute Gasteiger partial charge is 0.441 e. The Bertz CT molecular complexity index is 710. The van der Waals surface area contributed by atoms with Gasteiger partial charge >= 0.3 is 0 Å². The minimum atomic E-state index is 0.0838. The van der Waals surface area contributed by atoms with Gasteiger partial charge in [-0.1, -0.05) is 0 Å². The number of carbonyl (C=O) groups is 1. The number of ketones is 1. The van der Waals surface area contributed by atoms with Crippen molar-refractivity contribution in [2.24, 2.45) is 5.92 Å². The van der Waals surface area contributed by atoms with Crippen molar-refractivity contribution < 1.29 is 13.9 Å². The van der Waals surface area contributed by atoms with Crippen LogP contribution in [-0.2, 0) is 4.74 Å². The molecule has 0 N–H and O–H groups in total. The Kier molecular flexibility index (Phi) is 3.27. The van der Waals surface area contributed by atoms with Crippen molar-refractivity contribution in [1.29, 1.82) is 0 Å². The molecule has 2 aromatic rings.